The Kier molecular flexibility index (Phi) is 5.13. The fourth-order valence-electron chi connectivity index (χ4n) is 1.78. The van der Waals surface area contributed by atoms with E-state index in [-0.39, 0.29) is 0 Å². The largest absolute Gasteiger partial charge is 0.492 e. The van der Waals surface area contributed by atoms with Gasteiger partial charge < -0.3 is 15.0 Å². The molecule has 0 amide bonds. The van der Waals surface area contributed by atoms with E-state index in [2.05, 4.69) is 16.3 Å². The number of anilines is 2. The van der Waals surface area contributed by atoms with Crippen molar-refractivity contribution in [3.05, 3.63) is 53.6 Å². The number of hydrogen-bond donors (Lipinski definition) is 1. The Bertz CT molecular complexity index is 540. The molecule has 0 unspecified atom stereocenters. The SMILES string of the molecule is CN(C)c1cccc(OCCNc2ccc(Cl)cc2)c1. The number of nitrogens with zero attached hydrogens (tertiary/aromatic N) is 1. The number of benzene rings is 2. The maximum absolute atomic E-state index is 5.84. The minimum absolute atomic E-state index is 0.611. The van der Waals surface area contributed by atoms with E-state index in [0.717, 1.165) is 28.7 Å². The van der Waals surface area contributed by atoms with Crippen LogP contribution in [0.15, 0.2) is 48.5 Å². The van der Waals surface area contributed by atoms with Crippen LogP contribution in [0.3, 0.4) is 0 Å². The molecule has 0 atom stereocenters. The van der Waals surface area contributed by atoms with Gasteiger partial charge in [0.2, 0.25) is 0 Å². The monoisotopic (exact) mass is 290 g/mol. The Labute approximate surface area is 125 Å². The molecule has 0 aliphatic rings. The molecule has 0 spiro atoms. The van der Waals surface area contributed by atoms with Crippen LogP contribution in [-0.4, -0.2) is 27.2 Å². The molecule has 3 nitrogen and oxygen atoms in total. The van der Waals surface area contributed by atoms with E-state index in [1.807, 2.05) is 56.6 Å². The van der Waals surface area contributed by atoms with Crippen LogP contribution >= 0.6 is 11.6 Å². The van der Waals surface area contributed by atoms with Crippen LogP contribution in [0.25, 0.3) is 0 Å². The molecule has 0 saturated carbocycles. The predicted octanol–water partition coefficient (Wildman–Crippen LogP) is 3.90. The first-order chi connectivity index (χ1) is 9.65. The molecule has 1 N–H and O–H groups in total. The van der Waals surface area contributed by atoms with Gasteiger partial charge in [-0.25, -0.2) is 0 Å². The minimum atomic E-state index is 0.611. The second-order valence-corrected chi connectivity index (χ2v) is 5.11. The van der Waals surface area contributed by atoms with Gasteiger partial charge in [-0.1, -0.05) is 17.7 Å². The van der Waals surface area contributed by atoms with Crippen molar-refractivity contribution in [3.8, 4) is 5.75 Å². The molecule has 0 heterocycles. The van der Waals surface area contributed by atoms with Crippen LogP contribution in [0.1, 0.15) is 0 Å². The predicted molar refractivity (Wildman–Crippen MR) is 86.2 cm³/mol. The molecule has 4 heteroatoms. The fourth-order valence-corrected chi connectivity index (χ4v) is 1.91. The van der Waals surface area contributed by atoms with Gasteiger partial charge in [0.25, 0.3) is 0 Å². The van der Waals surface area contributed by atoms with Gasteiger partial charge in [-0.15, -0.1) is 0 Å². The number of hydrogen-bond acceptors (Lipinski definition) is 3. The summed E-state index contributed by atoms with van der Waals surface area (Å²) in [6, 6.07) is 15.7. The summed E-state index contributed by atoms with van der Waals surface area (Å²) in [7, 11) is 4.03. The van der Waals surface area contributed by atoms with Crippen molar-refractivity contribution in [3.63, 3.8) is 0 Å². The molecule has 0 aliphatic heterocycles. The molecule has 0 aromatic heterocycles. The lowest BCUT2D eigenvalue weighted by Gasteiger charge is -2.14. The number of rotatable bonds is 6. The molecular weight excluding hydrogens is 272 g/mol. The highest BCUT2D eigenvalue weighted by molar-refractivity contribution is 6.30. The summed E-state index contributed by atoms with van der Waals surface area (Å²) in [6.45, 7) is 1.35. The van der Waals surface area contributed by atoms with Gasteiger partial charge in [-0.3, -0.25) is 0 Å². The zero-order chi connectivity index (χ0) is 14.4. The maximum Gasteiger partial charge on any atom is 0.121 e. The smallest absolute Gasteiger partial charge is 0.121 e. The van der Waals surface area contributed by atoms with Crippen molar-refractivity contribution < 1.29 is 4.74 Å². The third-order valence-electron chi connectivity index (χ3n) is 2.88. The van der Waals surface area contributed by atoms with Crippen molar-refractivity contribution in [2.24, 2.45) is 0 Å². The summed E-state index contributed by atoms with van der Waals surface area (Å²) in [6.07, 6.45) is 0. The molecule has 2 aromatic rings. The van der Waals surface area contributed by atoms with Crippen LogP contribution in [0.2, 0.25) is 5.02 Å². The van der Waals surface area contributed by atoms with Crippen LogP contribution < -0.4 is 15.0 Å². The van der Waals surface area contributed by atoms with Crippen molar-refractivity contribution >= 4 is 23.0 Å². The zero-order valence-electron chi connectivity index (χ0n) is 11.8. The van der Waals surface area contributed by atoms with E-state index in [0.29, 0.717) is 6.61 Å². The van der Waals surface area contributed by atoms with Crippen molar-refractivity contribution in [2.45, 2.75) is 0 Å². The van der Waals surface area contributed by atoms with Gasteiger partial charge >= 0.3 is 0 Å². The Balaban J connectivity index is 1.78. The van der Waals surface area contributed by atoms with Crippen LogP contribution in [0, 0.1) is 0 Å². The fraction of sp³-hybridized carbons (Fsp3) is 0.250. The van der Waals surface area contributed by atoms with E-state index in [4.69, 9.17) is 16.3 Å². The number of nitrogens with one attached hydrogen (secondary N) is 1. The third kappa shape index (κ3) is 4.35. The average molecular weight is 291 g/mol. The second-order valence-electron chi connectivity index (χ2n) is 4.67. The van der Waals surface area contributed by atoms with E-state index in [9.17, 15) is 0 Å². The van der Waals surface area contributed by atoms with Gasteiger partial charge in [-0.05, 0) is 36.4 Å². The standard InChI is InChI=1S/C16H19ClN2O/c1-19(2)15-4-3-5-16(12-15)20-11-10-18-14-8-6-13(17)7-9-14/h3-9,12,18H,10-11H2,1-2H3. The van der Waals surface area contributed by atoms with Crippen LogP contribution in [0.5, 0.6) is 5.75 Å². The molecule has 2 aromatic carbocycles. The Morgan fingerprint density at radius 3 is 2.55 bits per heavy atom. The highest BCUT2D eigenvalue weighted by Crippen LogP contribution is 2.19. The van der Waals surface area contributed by atoms with E-state index in [1.165, 1.54) is 0 Å². The van der Waals surface area contributed by atoms with Gasteiger partial charge in [0.05, 0.1) is 0 Å². The summed E-state index contributed by atoms with van der Waals surface area (Å²) < 4.78 is 5.73. The molecular formula is C16H19ClN2O. The van der Waals surface area contributed by atoms with Gasteiger partial charge in [0, 0.05) is 43.1 Å². The first-order valence-electron chi connectivity index (χ1n) is 6.55. The first-order valence-corrected chi connectivity index (χ1v) is 6.92. The van der Waals surface area contributed by atoms with E-state index in [1.54, 1.807) is 0 Å². The molecule has 106 valence electrons. The van der Waals surface area contributed by atoms with Gasteiger partial charge in [-0.2, -0.15) is 0 Å². The Hall–Kier alpha value is -1.87. The molecule has 0 saturated heterocycles. The molecule has 0 aliphatic carbocycles. The number of ether oxygens (including phenoxy) is 1. The van der Waals surface area contributed by atoms with Crippen LogP contribution in [-0.2, 0) is 0 Å². The van der Waals surface area contributed by atoms with Gasteiger partial charge in [0.15, 0.2) is 0 Å². The van der Waals surface area contributed by atoms with E-state index >= 15 is 0 Å². The molecule has 20 heavy (non-hydrogen) atoms. The van der Waals surface area contributed by atoms with Crippen molar-refractivity contribution in [1.29, 1.82) is 0 Å². The topological polar surface area (TPSA) is 24.5 Å². The Morgan fingerprint density at radius 2 is 1.85 bits per heavy atom. The highest BCUT2D eigenvalue weighted by Gasteiger charge is 1.98. The highest BCUT2D eigenvalue weighted by atomic mass is 35.5. The van der Waals surface area contributed by atoms with E-state index < -0.39 is 0 Å². The molecule has 0 bridgehead atoms. The summed E-state index contributed by atoms with van der Waals surface area (Å²) in [5, 5.41) is 4.03. The normalized spacial score (nSPS) is 10.2. The first kappa shape index (κ1) is 14.5. The number of halogens is 1. The molecule has 0 radical (unpaired) electrons. The van der Waals surface area contributed by atoms with Crippen molar-refractivity contribution in [1.82, 2.24) is 0 Å². The molecule has 2 rings (SSSR count). The summed E-state index contributed by atoms with van der Waals surface area (Å²) in [4.78, 5) is 2.05. The zero-order valence-corrected chi connectivity index (χ0v) is 12.5. The summed E-state index contributed by atoms with van der Waals surface area (Å²) >= 11 is 5.84. The second kappa shape index (κ2) is 7.06. The third-order valence-corrected chi connectivity index (χ3v) is 3.13. The minimum Gasteiger partial charge on any atom is -0.492 e. The Morgan fingerprint density at radius 1 is 1.10 bits per heavy atom. The lowest BCUT2D eigenvalue weighted by atomic mass is 10.3. The summed E-state index contributed by atoms with van der Waals surface area (Å²) in [5.74, 6) is 0.883. The quantitative estimate of drug-likeness (QED) is 0.817. The van der Waals surface area contributed by atoms with Crippen LogP contribution in [0.4, 0.5) is 11.4 Å². The summed E-state index contributed by atoms with van der Waals surface area (Å²) in [5.41, 5.74) is 2.17. The van der Waals surface area contributed by atoms with Crippen molar-refractivity contribution in [2.75, 3.05) is 37.5 Å². The maximum atomic E-state index is 5.84. The van der Waals surface area contributed by atoms with Gasteiger partial charge in [0.1, 0.15) is 12.4 Å². The molecule has 0 fully saturated rings. The lowest BCUT2D eigenvalue weighted by molar-refractivity contribution is 0.333. The lowest BCUT2D eigenvalue weighted by Crippen LogP contribution is -2.12. The average Bonchev–Trinajstić information content (AvgIpc) is 2.46.